The van der Waals surface area contributed by atoms with Gasteiger partial charge in [0.05, 0.1) is 25.0 Å². The third-order valence-electron chi connectivity index (χ3n) is 5.20. The minimum atomic E-state index is 0.0476. The van der Waals surface area contributed by atoms with Crippen molar-refractivity contribution in [2.75, 3.05) is 45.3 Å². The number of benzene rings is 2. The number of carbonyl (C=O) groups excluding carboxylic acids is 1. The Morgan fingerprint density at radius 2 is 1.71 bits per heavy atom. The van der Waals surface area contributed by atoms with Crippen molar-refractivity contribution >= 4 is 32.6 Å². The molecule has 0 bridgehead atoms. The van der Waals surface area contributed by atoms with E-state index >= 15 is 0 Å². The van der Waals surface area contributed by atoms with E-state index in [9.17, 15) is 4.79 Å². The van der Waals surface area contributed by atoms with E-state index in [1.54, 1.807) is 25.6 Å². The van der Waals surface area contributed by atoms with Gasteiger partial charge in [-0.2, -0.15) is 0 Å². The Hall–Kier alpha value is -3.00. The number of methoxy groups -OCH3 is 2. The second-order valence-corrected chi connectivity index (χ2v) is 8.62. The summed E-state index contributed by atoms with van der Waals surface area (Å²) in [6.45, 7) is 6.74. The fraction of sp³-hybridized carbons (Fsp3) is 0.391. The molecule has 2 heterocycles. The highest BCUT2D eigenvalue weighted by molar-refractivity contribution is 7.22. The fourth-order valence-electron chi connectivity index (χ4n) is 3.66. The van der Waals surface area contributed by atoms with Crippen LogP contribution in [-0.2, 0) is 0 Å². The molecule has 0 spiro atoms. The first-order chi connectivity index (χ1) is 15.0. The average Bonchev–Trinajstić information content (AvgIpc) is 3.22. The highest BCUT2D eigenvalue weighted by atomic mass is 32.1. The van der Waals surface area contributed by atoms with Crippen molar-refractivity contribution in [3.63, 3.8) is 0 Å². The van der Waals surface area contributed by atoms with Gasteiger partial charge in [-0.1, -0.05) is 11.3 Å². The molecule has 0 radical (unpaired) electrons. The van der Waals surface area contributed by atoms with E-state index in [0.717, 1.165) is 34.2 Å². The smallest absolute Gasteiger partial charge is 0.253 e. The number of thiazole rings is 1. The standard InChI is InChI=1S/C23H27N3O4S/c1-15(2)30-17-7-5-16(6-8-17)22(27)25-11-13-26(14-12-25)23-24-20-19(31-23)10-9-18(28-3)21(20)29-4/h5-10,15H,11-14H2,1-4H3. The Kier molecular flexibility index (Phi) is 6.18. The molecule has 4 rings (SSSR count). The van der Waals surface area contributed by atoms with Crippen molar-refractivity contribution in [2.45, 2.75) is 20.0 Å². The van der Waals surface area contributed by atoms with E-state index in [-0.39, 0.29) is 12.0 Å². The molecule has 31 heavy (non-hydrogen) atoms. The predicted molar refractivity (Wildman–Crippen MR) is 123 cm³/mol. The lowest BCUT2D eigenvalue weighted by molar-refractivity contribution is 0.0746. The highest BCUT2D eigenvalue weighted by Gasteiger charge is 2.25. The quantitative estimate of drug-likeness (QED) is 0.575. The third kappa shape index (κ3) is 4.39. The number of aromatic nitrogens is 1. The summed E-state index contributed by atoms with van der Waals surface area (Å²) in [5.74, 6) is 2.15. The van der Waals surface area contributed by atoms with Crippen LogP contribution in [0.25, 0.3) is 10.2 Å². The molecule has 1 aliphatic rings. The van der Waals surface area contributed by atoms with Crippen LogP contribution in [-0.4, -0.2) is 62.3 Å². The summed E-state index contributed by atoms with van der Waals surface area (Å²) in [5.41, 5.74) is 1.49. The van der Waals surface area contributed by atoms with E-state index in [1.807, 2.05) is 55.1 Å². The molecule has 8 heteroatoms. The Balaban J connectivity index is 1.43. The average molecular weight is 442 g/mol. The Bertz CT molecular complexity index is 1060. The molecule has 1 saturated heterocycles. The van der Waals surface area contributed by atoms with Crippen LogP contribution < -0.4 is 19.1 Å². The van der Waals surface area contributed by atoms with Crippen molar-refractivity contribution < 1.29 is 19.0 Å². The lowest BCUT2D eigenvalue weighted by atomic mass is 10.1. The zero-order valence-corrected chi connectivity index (χ0v) is 19.1. The molecule has 0 unspecified atom stereocenters. The van der Waals surface area contributed by atoms with Gasteiger partial charge < -0.3 is 24.0 Å². The molecule has 3 aromatic rings. The van der Waals surface area contributed by atoms with Crippen LogP contribution >= 0.6 is 11.3 Å². The number of anilines is 1. The van der Waals surface area contributed by atoms with E-state index in [2.05, 4.69) is 4.90 Å². The normalized spacial score (nSPS) is 14.2. The van der Waals surface area contributed by atoms with Gasteiger partial charge in [-0.05, 0) is 50.2 Å². The molecule has 1 fully saturated rings. The number of hydrogen-bond donors (Lipinski definition) is 0. The fourth-order valence-corrected chi connectivity index (χ4v) is 4.68. The first-order valence-electron chi connectivity index (χ1n) is 10.3. The van der Waals surface area contributed by atoms with Crippen LogP contribution in [0.3, 0.4) is 0 Å². The van der Waals surface area contributed by atoms with E-state index in [1.165, 1.54) is 0 Å². The maximum Gasteiger partial charge on any atom is 0.253 e. The van der Waals surface area contributed by atoms with Gasteiger partial charge in [0.2, 0.25) is 0 Å². The number of nitrogens with zero attached hydrogens (tertiary/aromatic N) is 3. The van der Waals surface area contributed by atoms with Gasteiger partial charge in [0, 0.05) is 31.7 Å². The van der Waals surface area contributed by atoms with Gasteiger partial charge in [0.1, 0.15) is 11.3 Å². The van der Waals surface area contributed by atoms with Crippen LogP contribution in [0.15, 0.2) is 36.4 Å². The van der Waals surface area contributed by atoms with E-state index in [4.69, 9.17) is 19.2 Å². The second kappa shape index (κ2) is 9.01. The van der Waals surface area contributed by atoms with Crippen LogP contribution in [0, 0.1) is 0 Å². The molecule has 0 atom stereocenters. The first-order valence-corrected chi connectivity index (χ1v) is 11.1. The monoisotopic (exact) mass is 441 g/mol. The van der Waals surface area contributed by atoms with Gasteiger partial charge >= 0.3 is 0 Å². The second-order valence-electron chi connectivity index (χ2n) is 7.61. The van der Waals surface area contributed by atoms with Gasteiger partial charge in [0.25, 0.3) is 5.91 Å². The van der Waals surface area contributed by atoms with Crippen LogP contribution in [0.5, 0.6) is 17.2 Å². The molecular weight excluding hydrogens is 414 g/mol. The maximum absolute atomic E-state index is 12.9. The lowest BCUT2D eigenvalue weighted by Crippen LogP contribution is -2.48. The lowest BCUT2D eigenvalue weighted by Gasteiger charge is -2.34. The maximum atomic E-state index is 12.9. The zero-order chi connectivity index (χ0) is 22.0. The van der Waals surface area contributed by atoms with Crippen molar-refractivity contribution in [1.82, 2.24) is 9.88 Å². The van der Waals surface area contributed by atoms with Crippen molar-refractivity contribution in [1.29, 1.82) is 0 Å². The molecule has 1 aliphatic heterocycles. The summed E-state index contributed by atoms with van der Waals surface area (Å²) in [5, 5.41) is 0.934. The largest absolute Gasteiger partial charge is 0.493 e. The molecule has 7 nitrogen and oxygen atoms in total. The van der Waals surface area contributed by atoms with Crippen molar-refractivity contribution in [3.8, 4) is 17.2 Å². The van der Waals surface area contributed by atoms with Gasteiger partial charge in [0.15, 0.2) is 16.6 Å². The first kappa shape index (κ1) is 21.2. The third-order valence-corrected chi connectivity index (χ3v) is 6.28. The zero-order valence-electron chi connectivity index (χ0n) is 18.3. The van der Waals surface area contributed by atoms with Gasteiger partial charge in [-0.25, -0.2) is 4.98 Å². The van der Waals surface area contributed by atoms with Crippen molar-refractivity contribution in [3.05, 3.63) is 42.0 Å². The highest BCUT2D eigenvalue weighted by Crippen LogP contribution is 2.40. The number of ether oxygens (including phenoxy) is 3. The number of carbonyl (C=O) groups is 1. The number of rotatable bonds is 6. The van der Waals surface area contributed by atoms with E-state index in [0.29, 0.717) is 30.2 Å². The van der Waals surface area contributed by atoms with Crippen LogP contribution in [0.1, 0.15) is 24.2 Å². The van der Waals surface area contributed by atoms with Gasteiger partial charge in [-0.15, -0.1) is 0 Å². The predicted octanol–water partition coefficient (Wildman–Crippen LogP) is 4.06. The molecule has 0 N–H and O–H groups in total. The van der Waals surface area contributed by atoms with Gasteiger partial charge in [-0.3, -0.25) is 4.79 Å². The molecule has 0 saturated carbocycles. The molecule has 0 aliphatic carbocycles. The number of hydrogen-bond acceptors (Lipinski definition) is 7. The van der Waals surface area contributed by atoms with Crippen LogP contribution in [0.2, 0.25) is 0 Å². The molecule has 1 aromatic heterocycles. The van der Waals surface area contributed by atoms with Crippen LogP contribution in [0.4, 0.5) is 5.13 Å². The minimum absolute atomic E-state index is 0.0476. The summed E-state index contributed by atoms with van der Waals surface area (Å²) < 4.78 is 17.6. The Morgan fingerprint density at radius 1 is 1.00 bits per heavy atom. The number of amides is 1. The summed E-state index contributed by atoms with van der Waals surface area (Å²) in [4.78, 5) is 21.8. The summed E-state index contributed by atoms with van der Waals surface area (Å²) in [7, 11) is 3.25. The molecule has 1 amide bonds. The summed E-state index contributed by atoms with van der Waals surface area (Å²) in [6, 6.07) is 11.3. The topological polar surface area (TPSA) is 64.1 Å². The van der Waals surface area contributed by atoms with Crippen molar-refractivity contribution in [2.24, 2.45) is 0 Å². The molecule has 164 valence electrons. The number of piperazine rings is 1. The van der Waals surface area contributed by atoms with E-state index < -0.39 is 0 Å². The Labute approximate surface area is 186 Å². The SMILES string of the molecule is COc1ccc2sc(N3CCN(C(=O)c4ccc(OC(C)C)cc4)CC3)nc2c1OC. The minimum Gasteiger partial charge on any atom is -0.493 e. The summed E-state index contributed by atoms with van der Waals surface area (Å²) >= 11 is 1.63. The Morgan fingerprint density at radius 3 is 2.32 bits per heavy atom. The molecular formula is C23H27N3O4S. The molecule has 2 aromatic carbocycles. The number of fused-ring (bicyclic) bond motifs is 1. The summed E-state index contributed by atoms with van der Waals surface area (Å²) in [6.07, 6.45) is 0.109.